The van der Waals surface area contributed by atoms with Crippen LogP contribution in [0.4, 0.5) is 0 Å². The molecule has 3 rings (SSSR count). The van der Waals surface area contributed by atoms with Gasteiger partial charge in [-0.15, -0.1) is 11.3 Å². The number of hydrogen-bond acceptors (Lipinski definition) is 5. The highest BCUT2D eigenvalue weighted by atomic mass is 32.1. The number of rotatable bonds is 5. The molecular formula is C16H21N3O2S. The van der Waals surface area contributed by atoms with Gasteiger partial charge in [0.25, 0.3) is 5.91 Å². The Hall–Kier alpha value is -1.66. The first-order chi connectivity index (χ1) is 10.7. The van der Waals surface area contributed by atoms with Crippen LogP contribution >= 0.6 is 11.3 Å². The fraction of sp³-hybridized carbons (Fsp3) is 0.500. The molecule has 0 saturated carbocycles. The maximum Gasteiger partial charge on any atom is 0.273 e. The molecule has 0 unspecified atom stereocenters. The maximum absolute atomic E-state index is 12.4. The number of oxazole rings is 1. The zero-order valence-corrected chi connectivity index (χ0v) is 13.8. The average Bonchev–Trinajstić information content (AvgIpc) is 3.24. The van der Waals surface area contributed by atoms with Crippen LogP contribution in [0.1, 0.15) is 36.0 Å². The second-order valence-electron chi connectivity index (χ2n) is 5.54. The molecule has 22 heavy (non-hydrogen) atoms. The van der Waals surface area contributed by atoms with Crippen LogP contribution in [0.25, 0.3) is 10.8 Å². The number of nitrogens with one attached hydrogen (secondary N) is 1. The topological polar surface area (TPSA) is 58.4 Å². The summed E-state index contributed by atoms with van der Waals surface area (Å²) in [5.41, 5.74) is 0.393. The normalized spacial score (nSPS) is 18.7. The Balaban J connectivity index is 1.65. The SMILES string of the molecule is CCN1CCC[C@@H]1CNC(=O)c1nc(-c2cccs2)oc1C. The average molecular weight is 319 g/mol. The van der Waals surface area contributed by atoms with Gasteiger partial charge in [-0.2, -0.15) is 0 Å². The summed E-state index contributed by atoms with van der Waals surface area (Å²) in [7, 11) is 0. The third-order valence-electron chi connectivity index (χ3n) is 4.15. The van der Waals surface area contributed by atoms with Crippen molar-refractivity contribution in [2.75, 3.05) is 19.6 Å². The van der Waals surface area contributed by atoms with E-state index in [-0.39, 0.29) is 5.91 Å². The van der Waals surface area contributed by atoms with E-state index in [0.717, 1.165) is 24.4 Å². The van der Waals surface area contributed by atoms with E-state index in [2.05, 4.69) is 22.1 Å². The molecule has 0 bridgehead atoms. The van der Waals surface area contributed by atoms with Gasteiger partial charge in [-0.25, -0.2) is 4.98 Å². The van der Waals surface area contributed by atoms with E-state index in [1.54, 1.807) is 18.3 Å². The smallest absolute Gasteiger partial charge is 0.273 e. The number of amides is 1. The minimum absolute atomic E-state index is 0.146. The van der Waals surface area contributed by atoms with Crippen LogP contribution in [0, 0.1) is 6.92 Å². The predicted molar refractivity (Wildman–Crippen MR) is 87.2 cm³/mol. The molecule has 1 aliphatic rings. The molecule has 1 atom stereocenters. The molecule has 6 heteroatoms. The van der Waals surface area contributed by atoms with Crippen LogP contribution in [-0.4, -0.2) is 41.5 Å². The van der Waals surface area contributed by atoms with Gasteiger partial charge in [0.05, 0.1) is 4.88 Å². The molecule has 0 aromatic carbocycles. The molecule has 2 aromatic rings. The van der Waals surface area contributed by atoms with Gasteiger partial charge in [0.2, 0.25) is 5.89 Å². The van der Waals surface area contributed by atoms with Crippen molar-refractivity contribution in [3.63, 3.8) is 0 Å². The Morgan fingerprint density at radius 2 is 2.45 bits per heavy atom. The monoisotopic (exact) mass is 319 g/mol. The summed E-state index contributed by atoms with van der Waals surface area (Å²) in [6.45, 7) is 6.78. The van der Waals surface area contributed by atoms with Crippen LogP contribution in [0.2, 0.25) is 0 Å². The van der Waals surface area contributed by atoms with E-state index in [0.29, 0.717) is 29.9 Å². The van der Waals surface area contributed by atoms with E-state index in [1.807, 2.05) is 17.5 Å². The third-order valence-corrected chi connectivity index (χ3v) is 5.00. The summed E-state index contributed by atoms with van der Waals surface area (Å²) in [6, 6.07) is 4.33. The van der Waals surface area contributed by atoms with Crippen molar-refractivity contribution in [3.05, 3.63) is 29.0 Å². The Labute approximate surface area is 134 Å². The van der Waals surface area contributed by atoms with Crippen molar-refractivity contribution in [2.24, 2.45) is 0 Å². The molecule has 1 amide bonds. The van der Waals surface area contributed by atoms with E-state index in [4.69, 9.17) is 4.42 Å². The number of nitrogens with zero attached hydrogens (tertiary/aromatic N) is 2. The molecule has 2 aromatic heterocycles. The van der Waals surface area contributed by atoms with Gasteiger partial charge in [-0.3, -0.25) is 9.69 Å². The van der Waals surface area contributed by atoms with Crippen molar-refractivity contribution < 1.29 is 9.21 Å². The Bertz CT molecular complexity index is 636. The lowest BCUT2D eigenvalue weighted by atomic mass is 10.2. The number of likely N-dealkylation sites (N-methyl/N-ethyl adjacent to an activating group) is 1. The highest BCUT2D eigenvalue weighted by molar-refractivity contribution is 7.13. The molecule has 3 heterocycles. The highest BCUT2D eigenvalue weighted by Gasteiger charge is 2.25. The van der Waals surface area contributed by atoms with Crippen LogP contribution in [0.5, 0.6) is 0 Å². The molecule has 0 spiro atoms. The summed E-state index contributed by atoms with van der Waals surface area (Å²) in [6.07, 6.45) is 2.35. The molecule has 5 nitrogen and oxygen atoms in total. The summed E-state index contributed by atoms with van der Waals surface area (Å²) >= 11 is 1.55. The van der Waals surface area contributed by atoms with Crippen LogP contribution in [0.3, 0.4) is 0 Å². The van der Waals surface area contributed by atoms with Crippen molar-refractivity contribution in [3.8, 4) is 10.8 Å². The molecule has 1 saturated heterocycles. The standard InChI is InChI=1S/C16H21N3O2S/c1-3-19-8-4-6-12(19)10-17-15(20)14-11(2)21-16(18-14)13-7-5-9-22-13/h5,7,9,12H,3-4,6,8,10H2,1-2H3,(H,17,20)/t12-/m1/s1. The summed E-state index contributed by atoms with van der Waals surface area (Å²) in [5, 5.41) is 4.97. The van der Waals surface area contributed by atoms with E-state index >= 15 is 0 Å². The minimum Gasteiger partial charge on any atom is -0.440 e. The number of likely N-dealkylation sites (tertiary alicyclic amines) is 1. The van der Waals surface area contributed by atoms with Crippen molar-refractivity contribution in [1.82, 2.24) is 15.2 Å². The van der Waals surface area contributed by atoms with Gasteiger partial charge in [0, 0.05) is 12.6 Å². The number of carbonyl (C=O) groups excluding carboxylic acids is 1. The summed E-state index contributed by atoms with van der Waals surface area (Å²) in [4.78, 5) is 20.1. The van der Waals surface area contributed by atoms with E-state index < -0.39 is 0 Å². The molecule has 0 aliphatic carbocycles. The minimum atomic E-state index is -0.146. The van der Waals surface area contributed by atoms with E-state index in [1.165, 1.54) is 6.42 Å². The highest BCUT2D eigenvalue weighted by Crippen LogP contribution is 2.25. The lowest BCUT2D eigenvalue weighted by Crippen LogP contribution is -2.40. The first-order valence-electron chi connectivity index (χ1n) is 7.72. The van der Waals surface area contributed by atoms with Crippen molar-refractivity contribution in [2.45, 2.75) is 32.7 Å². The third kappa shape index (κ3) is 3.08. The van der Waals surface area contributed by atoms with Crippen LogP contribution in [-0.2, 0) is 0 Å². The fourth-order valence-electron chi connectivity index (χ4n) is 2.95. The Kier molecular flexibility index (Phi) is 4.59. The summed E-state index contributed by atoms with van der Waals surface area (Å²) in [5.74, 6) is 0.945. The lowest BCUT2D eigenvalue weighted by Gasteiger charge is -2.22. The Morgan fingerprint density at radius 1 is 1.59 bits per heavy atom. The quantitative estimate of drug-likeness (QED) is 0.920. The number of hydrogen-bond donors (Lipinski definition) is 1. The molecule has 1 N–H and O–H groups in total. The van der Waals surface area contributed by atoms with Gasteiger partial charge >= 0.3 is 0 Å². The number of carbonyl (C=O) groups is 1. The molecule has 0 radical (unpaired) electrons. The second-order valence-corrected chi connectivity index (χ2v) is 6.48. The lowest BCUT2D eigenvalue weighted by molar-refractivity contribution is 0.0935. The van der Waals surface area contributed by atoms with Gasteiger partial charge in [-0.1, -0.05) is 13.0 Å². The predicted octanol–water partition coefficient (Wildman–Crippen LogP) is 2.93. The van der Waals surface area contributed by atoms with Gasteiger partial charge in [0.15, 0.2) is 5.69 Å². The van der Waals surface area contributed by atoms with Gasteiger partial charge in [-0.05, 0) is 44.3 Å². The molecule has 118 valence electrons. The zero-order chi connectivity index (χ0) is 15.5. The van der Waals surface area contributed by atoms with Gasteiger partial charge in [0.1, 0.15) is 5.76 Å². The van der Waals surface area contributed by atoms with E-state index in [9.17, 15) is 4.79 Å². The van der Waals surface area contributed by atoms with Crippen LogP contribution < -0.4 is 5.32 Å². The molecule has 1 aliphatic heterocycles. The summed E-state index contributed by atoms with van der Waals surface area (Å²) < 4.78 is 5.62. The molecule has 1 fully saturated rings. The van der Waals surface area contributed by atoms with Crippen LogP contribution in [0.15, 0.2) is 21.9 Å². The first kappa shape index (κ1) is 15.2. The zero-order valence-electron chi connectivity index (χ0n) is 13.0. The maximum atomic E-state index is 12.4. The second kappa shape index (κ2) is 6.62. The number of aromatic nitrogens is 1. The first-order valence-corrected chi connectivity index (χ1v) is 8.60. The molecular weight excluding hydrogens is 298 g/mol. The van der Waals surface area contributed by atoms with Crippen molar-refractivity contribution in [1.29, 1.82) is 0 Å². The number of thiophene rings is 1. The van der Waals surface area contributed by atoms with Gasteiger partial charge < -0.3 is 9.73 Å². The Morgan fingerprint density at radius 3 is 3.18 bits per heavy atom. The number of aryl methyl sites for hydroxylation is 1. The fourth-order valence-corrected chi connectivity index (χ4v) is 3.60. The largest absolute Gasteiger partial charge is 0.440 e. The van der Waals surface area contributed by atoms with Crippen molar-refractivity contribution >= 4 is 17.2 Å².